The van der Waals surface area contributed by atoms with Crippen molar-refractivity contribution in [1.29, 1.82) is 0 Å². The highest BCUT2D eigenvalue weighted by Crippen LogP contribution is 2.50. The minimum atomic E-state index is -1.85. The second-order valence-electron chi connectivity index (χ2n) is 9.74. The number of nitrogens with one attached hydrogen (secondary N) is 1. The molecule has 2 fully saturated rings. The molecule has 5 atom stereocenters. The lowest BCUT2D eigenvalue weighted by Crippen LogP contribution is -2.70. The molecule has 2 saturated heterocycles. The van der Waals surface area contributed by atoms with Gasteiger partial charge in [0.25, 0.3) is 0 Å². The molecule has 0 amide bonds. The fourth-order valence-corrected chi connectivity index (χ4v) is 7.95. The van der Waals surface area contributed by atoms with Crippen molar-refractivity contribution in [2.75, 3.05) is 20.2 Å². The summed E-state index contributed by atoms with van der Waals surface area (Å²) in [5, 5.41) is 3.94. The van der Waals surface area contributed by atoms with Gasteiger partial charge in [0.05, 0.1) is 0 Å². The summed E-state index contributed by atoms with van der Waals surface area (Å²) in [5.41, 5.74) is 1.49. The predicted octanol–water partition coefficient (Wildman–Crippen LogP) is 5.38. The van der Waals surface area contributed by atoms with E-state index < -0.39 is 8.32 Å². The molecular weight excluding hydrogens is 416 g/mol. The lowest BCUT2D eigenvalue weighted by atomic mass is 9.73. The highest BCUT2D eigenvalue weighted by atomic mass is 79.9. The van der Waals surface area contributed by atoms with Crippen LogP contribution in [0.2, 0.25) is 17.6 Å². The molecule has 2 aliphatic rings. The number of hydrogen-bond acceptors (Lipinski definition) is 3. The zero-order valence-corrected chi connectivity index (χ0v) is 20.5. The standard InChI is InChI=1S/C22H37BrN2OSi/c1-16-8-7-13-24-14-19-21(17-9-11-18(23)12-10-17)20(25(16)19)15-27(6,26-5)22(2,3)4/h9-12,16,19-21,24H,7-8,13-15H2,1-6H3/t16?,19-,20+,21+,27?/m0/s1. The summed E-state index contributed by atoms with van der Waals surface area (Å²) in [7, 11) is 0.0955. The van der Waals surface area contributed by atoms with Crippen molar-refractivity contribution < 1.29 is 4.43 Å². The average molecular weight is 454 g/mol. The van der Waals surface area contributed by atoms with Crippen LogP contribution >= 0.6 is 15.9 Å². The van der Waals surface area contributed by atoms with Crippen LogP contribution in [-0.4, -0.2) is 51.5 Å². The Morgan fingerprint density at radius 2 is 1.93 bits per heavy atom. The van der Waals surface area contributed by atoms with Gasteiger partial charge in [-0.05, 0) is 61.6 Å². The molecule has 0 radical (unpaired) electrons. The third kappa shape index (κ3) is 4.23. The van der Waals surface area contributed by atoms with Gasteiger partial charge in [0.2, 0.25) is 0 Å². The Bertz CT molecular complexity index is 632. The molecule has 1 N–H and O–H groups in total. The molecule has 0 aromatic heterocycles. The summed E-state index contributed by atoms with van der Waals surface area (Å²) < 4.78 is 7.43. The summed E-state index contributed by atoms with van der Waals surface area (Å²) in [6, 6.07) is 12.1. The second-order valence-corrected chi connectivity index (χ2v) is 15.4. The minimum Gasteiger partial charge on any atom is -0.420 e. The summed E-state index contributed by atoms with van der Waals surface area (Å²) in [6.45, 7) is 14.2. The van der Waals surface area contributed by atoms with Crippen molar-refractivity contribution in [1.82, 2.24) is 10.2 Å². The average Bonchev–Trinajstić information content (AvgIpc) is 2.58. The molecule has 152 valence electrons. The van der Waals surface area contributed by atoms with Crippen molar-refractivity contribution in [3.63, 3.8) is 0 Å². The van der Waals surface area contributed by atoms with Crippen LogP contribution in [-0.2, 0) is 4.43 Å². The van der Waals surface area contributed by atoms with Crippen LogP contribution in [0.1, 0.15) is 52.0 Å². The first-order chi connectivity index (χ1) is 12.7. The summed E-state index contributed by atoms with van der Waals surface area (Å²) in [5.74, 6) is 0.593. The molecule has 0 aliphatic carbocycles. The van der Waals surface area contributed by atoms with E-state index in [-0.39, 0.29) is 5.04 Å². The summed E-state index contributed by atoms with van der Waals surface area (Å²) in [6.07, 6.45) is 2.56. The fraction of sp³-hybridized carbons (Fsp3) is 0.727. The van der Waals surface area contributed by atoms with Crippen LogP contribution in [0.25, 0.3) is 0 Å². The van der Waals surface area contributed by atoms with Crippen LogP contribution in [0.5, 0.6) is 0 Å². The van der Waals surface area contributed by atoms with Crippen LogP contribution in [0.4, 0.5) is 0 Å². The van der Waals surface area contributed by atoms with E-state index in [1.54, 1.807) is 0 Å². The molecule has 0 bridgehead atoms. The first-order valence-electron chi connectivity index (χ1n) is 10.5. The smallest absolute Gasteiger partial charge is 0.196 e. The Labute approximate surface area is 175 Å². The predicted molar refractivity (Wildman–Crippen MR) is 121 cm³/mol. The maximum Gasteiger partial charge on any atom is 0.196 e. The summed E-state index contributed by atoms with van der Waals surface area (Å²) in [4.78, 5) is 2.83. The van der Waals surface area contributed by atoms with E-state index in [1.165, 1.54) is 24.4 Å². The Hall–Kier alpha value is -0.203. The van der Waals surface area contributed by atoms with E-state index in [0.717, 1.165) is 17.6 Å². The Kier molecular flexibility index (Phi) is 6.59. The fourth-order valence-electron chi connectivity index (χ4n) is 5.04. The maximum absolute atomic E-state index is 6.27. The normalized spacial score (nSPS) is 32.0. The molecule has 3 rings (SSSR count). The molecular formula is C22H37BrN2OSi. The van der Waals surface area contributed by atoms with Gasteiger partial charge in [-0.25, -0.2) is 0 Å². The van der Waals surface area contributed by atoms with Gasteiger partial charge in [-0.1, -0.05) is 48.8 Å². The molecule has 2 aliphatic heterocycles. The molecule has 2 heterocycles. The van der Waals surface area contributed by atoms with Crippen molar-refractivity contribution >= 4 is 24.2 Å². The number of halogens is 1. The molecule has 1 aromatic carbocycles. The lowest BCUT2D eigenvalue weighted by molar-refractivity contribution is -0.0453. The van der Waals surface area contributed by atoms with Gasteiger partial charge >= 0.3 is 0 Å². The van der Waals surface area contributed by atoms with Gasteiger partial charge in [-0.2, -0.15) is 0 Å². The quantitative estimate of drug-likeness (QED) is 0.620. The van der Waals surface area contributed by atoms with E-state index in [0.29, 0.717) is 24.0 Å². The molecule has 27 heavy (non-hydrogen) atoms. The monoisotopic (exact) mass is 452 g/mol. The van der Waals surface area contributed by atoms with Crippen LogP contribution in [0.3, 0.4) is 0 Å². The van der Waals surface area contributed by atoms with Crippen LogP contribution < -0.4 is 5.32 Å². The van der Waals surface area contributed by atoms with Crippen molar-refractivity contribution in [3.05, 3.63) is 34.3 Å². The van der Waals surface area contributed by atoms with Crippen molar-refractivity contribution in [2.24, 2.45) is 0 Å². The molecule has 3 nitrogen and oxygen atoms in total. The van der Waals surface area contributed by atoms with Gasteiger partial charge in [-0.15, -0.1) is 0 Å². The van der Waals surface area contributed by atoms with E-state index in [4.69, 9.17) is 4.43 Å². The van der Waals surface area contributed by atoms with Gasteiger partial charge < -0.3 is 9.74 Å². The highest BCUT2D eigenvalue weighted by Gasteiger charge is 2.55. The highest BCUT2D eigenvalue weighted by molar-refractivity contribution is 9.10. The van der Waals surface area contributed by atoms with Gasteiger partial charge in [0.15, 0.2) is 8.32 Å². The van der Waals surface area contributed by atoms with Crippen molar-refractivity contribution in [3.8, 4) is 0 Å². The van der Waals surface area contributed by atoms with Gasteiger partial charge in [-0.3, -0.25) is 4.90 Å². The largest absolute Gasteiger partial charge is 0.420 e. The Morgan fingerprint density at radius 1 is 1.26 bits per heavy atom. The second kappa shape index (κ2) is 8.27. The number of fused-ring (bicyclic) bond motifs is 1. The third-order valence-electron chi connectivity index (χ3n) is 7.32. The van der Waals surface area contributed by atoms with Gasteiger partial charge in [0.1, 0.15) is 0 Å². The maximum atomic E-state index is 6.27. The van der Waals surface area contributed by atoms with E-state index in [9.17, 15) is 0 Å². The minimum absolute atomic E-state index is 0.237. The number of nitrogens with zero attached hydrogens (tertiary/aromatic N) is 1. The molecule has 0 spiro atoms. The van der Waals surface area contributed by atoms with Crippen LogP contribution in [0, 0.1) is 0 Å². The van der Waals surface area contributed by atoms with E-state index in [1.807, 2.05) is 7.11 Å². The van der Waals surface area contributed by atoms with E-state index in [2.05, 4.69) is 84.7 Å². The number of rotatable bonds is 4. The first-order valence-corrected chi connectivity index (χ1v) is 13.9. The first kappa shape index (κ1) is 21.5. The van der Waals surface area contributed by atoms with Crippen molar-refractivity contribution in [2.45, 2.75) is 82.2 Å². The molecule has 5 heteroatoms. The number of benzene rings is 1. The molecule has 0 saturated carbocycles. The topological polar surface area (TPSA) is 24.5 Å². The summed E-state index contributed by atoms with van der Waals surface area (Å²) >= 11 is 3.60. The zero-order valence-electron chi connectivity index (χ0n) is 17.9. The van der Waals surface area contributed by atoms with E-state index >= 15 is 0 Å². The SMILES string of the molecule is CO[Si](C)(C[C@@H]1[C@H](c2ccc(Br)cc2)[C@@H]2CNCCCC(C)N12)C(C)(C)C. The molecule has 2 unspecified atom stereocenters. The lowest BCUT2D eigenvalue weighted by Gasteiger charge is -2.61. The van der Waals surface area contributed by atoms with Crippen LogP contribution in [0.15, 0.2) is 28.7 Å². The Morgan fingerprint density at radius 3 is 2.52 bits per heavy atom. The Balaban J connectivity index is 1.94. The number of hydrogen-bond donors (Lipinski definition) is 1. The molecule has 1 aromatic rings. The van der Waals surface area contributed by atoms with Gasteiger partial charge in [0, 0.05) is 42.2 Å². The zero-order chi connectivity index (χ0) is 19.8. The third-order valence-corrected chi connectivity index (χ3v) is 13.1.